The lowest BCUT2D eigenvalue weighted by molar-refractivity contribution is 0.308. The highest BCUT2D eigenvalue weighted by Crippen LogP contribution is 2.37. The molecule has 0 atom stereocenters. The van der Waals surface area contributed by atoms with E-state index in [2.05, 4.69) is 15.0 Å². The minimum atomic E-state index is -0.138. The quantitative estimate of drug-likeness (QED) is 0.908. The molecule has 0 spiro atoms. The van der Waals surface area contributed by atoms with Gasteiger partial charge in [-0.15, -0.1) is 11.3 Å². The van der Waals surface area contributed by atoms with Gasteiger partial charge in [0.25, 0.3) is 5.56 Å². The van der Waals surface area contributed by atoms with Gasteiger partial charge in [0, 0.05) is 17.2 Å². The lowest BCUT2D eigenvalue weighted by atomic mass is 10.3. The van der Waals surface area contributed by atoms with Crippen LogP contribution in [0.4, 0.5) is 0 Å². The van der Waals surface area contributed by atoms with E-state index < -0.39 is 0 Å². The van der Waals surface area contributed by atoms with Gasteiger partial charge in [0.05, 0.1) is 23.9 Å². The van der Waals surface area contributed by atoms with Gasteiger partial charge < -0.3 is 9.72 Å². The first kappa shape index (κ1) is 12.3. The van der Waals surface area contributed by atoms with Gasteiger partial charge in [0.1, 0.15) is 5.82 Å². The summed E-state index contributed by atoms with van der Waals surface area (Å²) in [5.74, 6) is 1.60. The molecule has 0 unspecified atom stereocenters. The van der Waals surface area contributed by atoms with Crippen LogP contribution in [0.15, 0.2) is 16.4 Å². The molecule has 2 heterocycles. The van der Waals surface area contributed by atoms with Crippen molar-refractivity contribution < 1.29 is 4.74 Å². The molecule has 0 aliphatic heterocycles. The molecule has 1 aliphatic rings. The lowest BCUT2D eigenvalue weighted by Crippen LogP contribution is -2.12. The number of hydrogen-bond acceptors (Lipinski definition) is 5. The van der Waals surface area contributed by atoms with E-state index in [-0.39, 0.29) is 5.56 Å². The van der Waals surface area contributed by atoms with Gasteiger partial charge in [-0.2, -0.15) is 4.98 Å². The van der Waals surface area contributed by atoms with Crippen molar-refractivity contribution in [3.8, 4) is 5.88 Å². The van der Waals surface area contributed by atoms with Crippen LogP contribution in [0.5, 0.6) is 5.88 Å². The predicted octanol–water partition coefficient (Wildman–Crippen LogP) is 2.03. The fourth-order valence-corrected chi connectivity index (χ4v) is 2.65. The molecule has 1 fully saturated rings. The molecule has 1 saturated carbocycles. The van der Waals surface area contributed by atoms with E-state index in [1.54, 1.807) is 11.3 Å². The van der Waals surface area contributed by atoms with Crippen LogP contribution in [0.25, 0.3) is 0 Å². The first-order valence-electron chi connectivity index (χ1n) is 6.35. The fraction of sp³-hybridized carbons (Fsp3) is 0.462. The molecule has 5 nitrogen and oxygen atoms in total. The molecule has 2 aromatic rings. The van der Waals surface area contributed by atoms with Crippen LogP contribution in [0.1, 0.15) is 35.2 Å². The van der Waals surface area contributed by atoms with Crippen molar-refractivity contribution in [2.45, 2.75) is 32.1 Å². The van der Waals surface area contributed by atoms with Crippen molar-refractivity contribution in [2.24, 2.45) is 0 Å². The molecule has 6 heteroatoms. The summed E-state index contributed by atoms with van der Waals surface area (Å²) in [6.45, 7) is 2.51. The summed E-state index contributed by atoms with van der Waals surface area (Å²) in [5.41, 5.74) is 2.74. The van der Waals surface area contributed by atoms with E-state index >= 15 is 0 Å². The summed E-state index contributed by atoms with van der Waals surface area (Å²) >= 11 is 1.63. The Morgan fingerprint density at radius 1 is 1.53 bits per heavy atom. The van der Waals surface area contributed by atoms with Crippen molar-refractivity contribution >= 4 is 11.3 Å². The Labute approximate surface area is 114 Å². The molecule has 0 radical (unpaired) electrons. The van der Waals surface area contributed by atoms with Crippen molar-refractivity contribution in [1.82, 2.24) is 15.0 Å². The van der Waals surface area contributed by atoms with E-state index in [1.807, 2.05) is 12.4 Å². The number of nitrogens with one attached hydrogen (secondary N) is 1. The first-order chi connectivity index (χ1) is 9.22. The van der Waals surface area contributed by atoms with E-state index in [1.165, 1.54) is 10.9 Å². The normalized spacial score (nSPS) is 14.6. The Morgan fingerprint density at radius 3 is 3.05 bits per heavy atom. The Balaban J connectivity index is 1.63. The highest BCUT2D eigenvalue weighted by molar-refractivity contribution is 7.09. The number of H-pyrrole nitrogens is 1. The lowest BCUT2D eigenvalue weighted by Gasteiger charge is -2.05. The van der Waals surface area contributed by atoms with Crippen LogP contribution in [-0.4, -0.2) is 21.6 Å². The van der Waals surface area contributed by atoms with Crippen LogP contribution in [0.3, 0.4) is 0 Å². The average Bonchev–Trinajstić information content (AvgIpc) is 3.14. The second-order valence-corrected chi connectivity index (χ2v) is 5.64. The number of thiazole rings is 1. The van der Waals surface area contributed by atoms with E-state index in [4.69, 9.17) is 4.74 Å². The van der Waals surface area contributed by atoms with Crippen LogP contribution in [0.2, 0.25) is 0 Å². The summed E-state index contributed by atoms with van der Waals surface area (Å²) in [5, 5.41) is 0. The van der Waals surface area contributed by atoms with E-state index in [0.717, 1.165) is 30.8 Å². The third-order valence-electron chi connectivity index (χ3n) is 3.12. The Morgan fingerprint density at radius 2 is 2.37 bits per heavy atom. The summed E-state index contributed by atoms with van der Waals surface area (Å²) < 4.78 is 5.58. The molecule has 2 aromatic heterocycles. The second-order valence-electron chi connectivity index (χ2n) is 4.70. The molecule has 19 heavy (non-hydrogen) atoms. The maximum absolute atomic E-state index is 11.5. The maximum Gasteiger partial charge on any atom is 0.254 e. The minimum Gasteiger partial charge on any atom is -0.477 e. The monoisotopic (exact) mass is 277 g/mol. The number of ether oxygens (including phenoxy) is 1. The van der Waals surface area contributed by atoms with Gasteiger partial charge in [-0.1, -0.05) is 0 Å². The van der Waals surface area contributed by atoms with E-state index in [9.17, 15) is 4.79 Å². The first-order valence-corrected chi connectivity index (χ1v) is 7.23. The summed E-state index contributed by atoms with van der Waals surface area (Å²) in [7, 11) is 0. The maximum atomic E-state index is 11.5. The number of nitrogens with zero attached hydrogens (tertiary/aromatic N) is 2. The molecule has 0 aromatic carbocycles. The van der Waals surface area contributed by atoms with Gasteiger partial charge in [0.2, 0.25) is 5.88 Å². The molecule has 100 valence electrons. The number of aromatic amines is 1. The Bertz CT molecular complexity index is 631. The predicted molar refractivity (Wildman–Crippen MR) is 72.9 cm³/mol. The number of aryl methyl sites for hydroxylation is 1. The molecule has 0 saturated heterocycles. The molecular weight excluding hydrogens is 262 g/mol. The Kier molecular flexibility index (Phi) is 3.33. The zero-order chi connectivity index (χ0) is 13.2. The summed E-state index contributed by atoms with van der Waals surface area (Å²) in [6.07, 6.45) is 3.00. The fourth-order valence-electron chi connectivity index (χ4n) is 1.89. The minimum absolute atomic E-state index is 0.138. The SMILES string of the molecule is Cc1ncsc1CCOc1cc(=O)[nH]c(C2CC2)n1. The van der Waals surface area contributed by atoms with Crippen LogP contribution >= 0.6 is 11.3 Å². The zero-order valence-electron chi connectivity index (χ0n) is 10.7. The van der Waals surface area contributed by atoms with Crippen LogP contribution in [0, 0.1) is 6.92 Å². The topological polar surface area (TPSA) is 67.9 Å². The number of hydrogen-bond donors (Lipinski definition) is 1. The third-order valence-corrected chi connectivity index (χ3v) is 4.12. The van der Waals surface area contributed by atoms with Gasteiger partial charge >= 0.3 is 0 Å². The molecule has 0 bridgehead atoms. The van der Waals surface area contributed by atoms with E-state index in [0.29, 0.717) is 18.4 Å². The molecular formula is C13H15N3O2S. The molecule has 1 N–H and O–H groups in total. The van der Waals surface area contributed by atoms with Gasteiger partial charge in [0.15, 0.2) is 0 Å². The van der Waals surface area contributed by atoms with Gasteiger partial charge in [-0.05, 0) is 19.8 Å². The van der Waals surface area contributed by atoms with Gasteiger partial charge in [-0.3, -0.25) is 4.79 Å². The Hall–Kier alpha value is -1.69. The standard InChI is InChI=1S/C13H15N3O2S/c1-8-10(19-7-14-8)4-5-18-12-6-11(17)15-13(16-12)9-2-3-9/h6-7,9H,2-5H2,1H3,(H,15,16,17). The smallest absolute Gasteiger partial charge is 0.254 e. The molecule has 0 amide bonds. The number of rotatable bonds is 5. The van der Waals surface area contributed by atoms with Crippen molar-refractivity contribution in [2.75, 3.05) is 6.61 Å². The van der Waals surface area contributed by atoms with Gasteiger partial charge in [-0.25, -0.2) is 4.98 Å². The van der Waals surface area contributed by atoms with Crippen molar-refractivity contribution in [1.29, 1.82) is 0 Å². The average molecular weight is 277 g/mol. The third kappa shape index (κ3) is 3.01. The highest BCUT2D eigenvalue weighted by atomic mass is 32.1. The largest absolute Gasteiger partial charge is 0.477 e. The zero-order valence-corrected chi connectivity index (χ0v) is 11.5. The highest BCUT2D eigenvalue weighted by Gasteiger charge is 2.26. The van der Waals surface area contributed by atoms with Crippen molar-refractivity contribution in [3.05, 3.63) is 38.3 Å². The van der Waals surface area contributed by atoms with Crippen LogP contribution in [-0.2, 0) is 6.42 Å². The summed E-state index contributed by atoms with van der Waals surface area (Å²) in [6, 6.07) is 1.41. The number of aromatic nitrogens is 3. The second kappa shape index (κ2) is 5.13. The summed E-state index contributed by atoms with van der Waals surface area (Å²) in [4.78, 5) is 24.0. The van der Waals surface area contributed by atoms with Crippen molar-refractivity contribution in [3.63, 3.8) is 0 Å². The van der Waals surface area contributed by atoms with Crippen LogP contribution < -0.4 is 10.3 Å². The molecule has 3 rings (SSSR count). The molecule has 1 aliphatic carbocycles.